The van der Waals surface area contributed by atoms with Gasteiger partial charge in [0, 0.05) is 35.7 Å². The summed E-state index contributed by atoms with van der Waals surface area (Å²) in [6.45, 7) is 1.83. The van der Waals surface area contributed by atoms with E-state index < -0.39 is 5.92 Å². The number of carbonyl (C=O) groups excluding carboxylic acids is 2. The van der Waals surface area contributed by atoms with E-state index in [-0.39, 0.29) is 17.7 Å². The van der Waals surface area contributed by atoms with Crippen molar-refractivity contribution in [2.75, 3.05) is 24.5 Å². The molecule has 0 radical (unpaired) electrons. The van der Waals surface area contributed by atoms with E-state index >= 15 is 0 Å². The molecule has 5 rings (SSSR count). The van der Waals surface area contributed by atoms with Crippen molar-refractivity contribution in [1.29, 1.82) is 0 Å². The highest BCUT2D eigenvalue weighted by atomic mass is 79.9. The van der Waals surface area contributed by atoms with Gasteiger partial charge in [-0.15, -0.1) is 0 Å². The van der Waals surface area contributed by atoms with E-state index in [2.05, 4.69) is 20.9 Å². The molecule has 1 unspecified atom stereocenters. The summed E-state index contributed by atoms with van der Waals surface area (Å²) in [5.41, 5.74) is 2.50. The van der Waals surface area contributed by atoms with Gasteiger partial charge in [-0.2, -0.15) is 0 Å². The number of nitrogens with zero attached hydrogens (tertiary/aromatic N) is 3. The predicted molar refractivity (Wildman–Crippen MR) is 117 cm³/mol. The normalized spacial score (nSPS) is 20.3. The van der Waals surface area contributed by atoms with Gasteiger partial charge in [-0.25, -0.2) is 4.98 Å². The van der Waals surface area contributed by atoms with Crippen molar-refractivity contribution < 1.29 is 14.0 Å². The van der Waals surface area contributed by atoms with E-state index in [9.17, 15) is 9.59 Å². The number of fused-ring (bicyclic) bond motifs is 1. The molecule has 0 saturated carbocycles. The maximum Gasteiger partial charge on any atom is 0.239 e. The van der Waals surface area contributed by atoms with Crippen LogP contribution in [0.25, 0.3) is 11.1 Å². The third-order valence-electron chi connectivity index (χ3n) is 6.09. The smallest absolute Gasteiger partial charge is 0.239 e. The van der Waals surface area contributed by atoms with Crippen molar-refractivity contribution in [1.82, 2.24) is 9.88 Å². The van der Waals surface area contributed by atoms with Crippen LogP contribution in [0, 0.1) is 5.92 Å². The Labute approximate surface area is 183 Å². The minimum Gasteiger partial charge on any atom is -0.440 e. The average Bonchev–Trinajstić information content (AvgIpc) is 3.37. The van der Waals surface area contributed by atoms with E-state index in [0.29, 0.717) is 26.1 Å². The van der Waals surface area contributed by atoms with Gasteiger partial charge in [0.1, 0.15) is 11.4 Å². The molecule has 2 saturated heterocycles. The van der Waals surface area contributed by atoms with Crippen LogP contribution < -0.4 is 4.90 Å². The monoisotopic (exact) mass is 467 g/mol. The van der Waals surface area contributed by atoms with Crippen LogP contribution in [0.2, 0.25) is 0 Å². The zero-order valence-electron chi connectivity index (χ0n) is 16.5. The van der Waals surface area contributed by atoms with Gasteiger partial charge in [-0.3, -0.25) is 9.59 Å². The third-order valence-corrected chi connectivity index (χ3v) is 6.58. The Bertz CT molecular complexity index is 1070. The molecular formula is C23H22BrN3O3. The zero-order valence-corrected chi connectivity index (χ0v) is 18.0. The summed E-state index contributed by atoms with van der Waals surface area (Å²) in [4.78, 5) is 34.2. The minimum absolute atomic E-state index is 0.0477. The first-order valence-electron chi connectivity index (χ1n) is 10.3. The Morgan fingerprint density at radius 2 is 1.83 bits per heavy atom. The fourth-order valence-corrected chi connectivity index (χ4v) is 4.83. The lowest BCUT2D eigenvalue weighted by Crippen LogP contribution is -2.43. The summed E-state index contributed by atoms with van der Waals surface area (Å²) in [5, 5.41) is 0. The summed E-state index contributed by atoms with van der Waals surface area (Å²) in [5.74, 6) is 0.234. The molecule has 30 heavy (non-hydrogen) atoms. The van der Waals surface area contributed by atoms with Crippen LogP contribution >= 0.6 is 15.9 Å². The molecule has 1 aromatic heterocycles. The molecule has 0 bridgehead atoms. The minimum atomic E-state index is -0.579. The lowest BCUT2D eigenvalue weighted by molar-refractivity contribution is -0.140. The van der Waals surface area contributed by atoms with Crippen LogP contribution in [0.5, 0.6) is 0 Å². The molecule has 154 valence electrons. The van der Waals surface area contributed by atoms with Gasteiger partial charge in [-0.05, 0) is 49.6 Å². The maximum atomic E-state index is 13.1. The summed E-state index contributed by atoms with van der Waals surface area (Å²) in [6.07, 6.45) is 2.17. The molecule has 2 aromatic carbocycles. The number of halogens is 1. The highest BCUT2D eigenvalue weighted by Gasteiger charge is 2.40. The van der Waals surface area contributed by atoms with Crippen molar-refractivity contribution >= 4 is 44.5 Å². The van der Waals surface area contributed by atoms with E-state index in [0.717, 1.165) is 40.0 Å². The number of para-hydroxylation sites is 2. The summed E-state index contributed by atoms with van der Waals surface area (Å²) < 4.78 is 6.83. The number of amides is 2. The molecule has 7 heteroatoms. The molecule has 6 nitrogen and oxygen atoms in total. The number of likely N-dealkylation sites (tertiary alicyclic amines) is 1. The van der Waals surface area contributed by atoms with Crippen molar-refractivity contribution in [3.05, 3.63) is 58.9 Å². The van der Waals surface area contributed by atoms with Crippen LogP contribution in [0.4, 0.5) is 5.69 Å². The number of hydrogen-bond donors (Lipinski definition) is 0. The highest BCUT2D eigenvalue weighted by molar-refractivity contribution is 9.10. The topological polar surface area (TPSA) is 66.7 Å². The zero-order chi connectivity index (χ0) is 20.7. The number of anilines is 1. The van der Waals surface area contributed by atoms with E-state index in [1.807, 2.05) is 53.4 Å². The second-order valence-corrected chi connectivity index (χ2v) is 8.85. The molecule has 2 aliphatic rings. The molecule has 0 spiro atoms. The van der Waals surface area contributed by atoms with Gasteiger partial charge >= 0.3 is 0 Å². The Kier molecular flexibility index (Phi) is 5.06. The van der Waals surface area contributed by atoms with Crippen LogP contribution in [0.1, 0.15) is 31.1 Å². The fraction of sp³-hybridized carbons (Fsp3) is 0.348. The van der Waals surface area contributed by atoms with Crippen LogP contribution in [0.3, 0.4) is 0 Å². The van der Waals surface area contributed by atoms with Gasteiger partial charge in [0.05, 0.1) is 0 Å². The summed E-state index contributed by atoms with van der Waals surface area (Å²) in [7, 11) is 0. The molecule has 0 N–H and O–H groups in total. The van der Waals surface area contributed by atoms with Gasteiger partial charge in [-0.1, -0.05) is 34.1 Å². The summed E-state index contributed by atoms with van der Waals surface area (Å²) in [6, 6.07) is 15.4. The Morgan fingerprint density at radius 3 is 2.60 bits per heavy atom. The Balaban J connectivity index is 1.23. The molecule has 1 atom stereocenters. The van der Waals surface area contributed by atoms with E-state index in [1.54, 1.807) is 4.90 Å². The molecule has 2 fully saturated rings. The highest BCUT2D eigenvalue weighted by Crippen LogP contribution is 2.32. The van der Waals surface area contributed by atoms with Crippen molar-refractivity contribution in [3.8, 4) is 0 Å². The lowest BCUT2D eigenvalue weighted by Gasteiger charge is -2.32. The fourth-order valence-electron chi connectivity index (χ4n) is 4.44. The van der Waals surface area contributed by atoms with Gasteiger partial charge < -0.3 is 14.2 Å². The largest absolute Gasteiger partial charge is 0.440 e. The molecule has 2 amide bonds. The average molecular weight is 468 g/mol. The molecule has 0 aliphatic carbocycles. The first-order chi connectivity index (χ1) is 14.6. The number of piperidine rings is 1. The predicted octanol–water partition coefficient (Wildman–Crippen LogP) is 4.35. The summed E-state index contributed by atoms with van der Waals surface area (Å²) >= 11 is 3.45. The number of hydrogen-bond acceptors (Lipinski definition) is 4. The van der Waals surface area contributed by atoms with Gasteiger partial charge in [0.15, 0.2) is 11.5 Å². The number of oxazole rings is 1. The van der Waals surface area contributed by atoms with E-state index in [1.165, 1.54) is 0 Å². The second kappa shape index (κ2) is 7.87. The SMILES string of the molecule is O=C(C1CCN(c2cccc(Br)c2)C1=O)N1CCC(c2nc3ccccc3o2)CC1. The number of aromatic nitrogens is 1. The maximum absolute atomic E-state index is 13.1. The second-order valence-electron chi connectivity index (χ2n) is 7.93. The molecule has 3 heterocycles. The molecule has 2 aliphatic heterocycles. The van der Waals surface area contributed by atoms with Crippen LogP contribution in [-0.4, -0.2) is 41.3 Å². The standard InChI is InChI=1S/C23H22BrN3O3/c24-16-4-3-5-17(14-16)27-13-10-18(23(27)29)22(28)26-11-8-15(9-12-26)21-25-19-6-1-2-7-20(19)30-21/h1-7,14-15,18H,8-13H2. The van der Waals surface area contributed by atoms with Crippen molar-refractivity contribution in [2.45, 2.75) is 25.2 Å². The van der Waals surface area contributed by atoms with Crippen molar-refractivity contribution in [2.24, 2.45) is 5.92 Å². The van der Waals surface area contributed by atoms with Gasteiger partial charge in [0.2, 0.25) is 11.8 Å². The molecular weight excluding hydrogens is 446 g/mol. The van der Waals surface area contributed by atoms with Crippen LogP contribution in [-0.2, 0) is 9.59 Å². The molecule has 3 aromatic rings. The number of rotatable bonds is 3. The van der Waals surface area contributed by atoms with Crippen molar-refractivity contribution in [3.63, 3.8) is 0 Å². The lowest BCUT2D eigenvalue weighted by atomic mass is 9.95. The third kappa shape index (κ3) is 3.51. The quantitative estimate of drug-likeness (QED) is 0.537. The number of carbonyl (C=O) groups is 2. The first-order valence-corrected chi connectivity index (χ1v) is 11.1. The van der Waals surface area contributed by atoms with Crippen LogP contribution in [0.15, 0.2) is 57.4 Å². The Morgan fingerprint density at radius 1 is 1.03 bits per heavy atom. The van der Waals surface area contributed by atoms with Gasteiger partial charge in [0.25, 0.3) is 0 Å². The first kappa shape index (κ1) is 19.3. The Hall–Kier alpha value is -2.67. The van der Waals surface area contributed by atoms with E-state index in [4.69, 9.17) is 4.42 Å². The number of benzene rings is 2.